The summed E-state index contributed by atoms with van der Waals surface area (Å²) in [5.41, 5.74) is 0.207. The molecule has 0 spiro atoms. The number of rotatable bonds is 11. The van der Waals surface area contributed by atoms with Crippen LogP contribution in [-0.4, -0.2) is 83.2 Å². The van der Waals surface area contributed by atoms with Crippen molar-refractivity contribution in [1.82, 2.24) is 29.2 Å². The minimum absolute atomic E-state index is 0.0588. The molecular formula is C25H32N8O6S2. The van der Waals surface area contributed by atoms with Crippen molar-refractivity contribution in [3.63, 3.8) is 0 Å². The zero-order valence-corrected chi connectivity index (χ0v) is 24.6. The molecule has 4 heterocycles. The highest BCUT2D eigenvalue weighted by molar-refractivity contribution is 7.92. The molecule has 0 atom stereocenters. The number of aromatic nitrogens is 5. The third-order valence-corrected chi connectivity index (χ3v) is 9.88. The van der Waals surface area contributed by atoms with Gasteiger partial charge in [-0.2, -0.15) is 0 Å². The third-order valence-electron chi connectivity index (χ3n) is 6.75. The lowest BCUT2D eigenvalue weighted by Crippen LogP contribution is -2.51. The van der Waals surface area contributed by atoms with E-state index < -0.39 is 31.4 Å². The third kappa shape index (κ3) is 6.94. The second-order valence-electron chi connectivity index (χ2n) is 9.21. The molecule has 16 heteroatoms. The number of hydrogen-bond donors (Lipinski definition) is 2. The molecule has 0 saturated carbocycles. The first-order chi connectivity index (χ1) is 19.5. The van der Waals surface area contributed by atoms with Gasteiger partial charge >= 0.3 is 0 Å². The van der Waals surface area contributed by atoms with Gasteiger partial charge in [0.15, 0.2) is 0 Å². The molecule has 1 fully saturated rings. The summed E-state index contributed by atoms with van der Waals surface area (Å²) in [5.74, 6) is -0.219. The monoisotopic (exact) mass is 604 g/mol. The number of amides is 1. The summed E-state index contributed by atoms with van der Waals surface area (Å²) in [6, 6.07) is 4.88. The summed E-state index contributed by atoms with van der Waals surface area (Å²) in [6.45, 7) is 5.51. The van der Waals surface area contributed by atoms with E-state index >= 15 is 0 Å². The van der Waals surface area contributed by atoms with Crippen LogP contribution in [-0.2, 0) is 30.3 Å². The normalized spacial score (nSPS) is 15.7. The van der Waals surface area contributed by atoms with E-state index in [2.05, 4.69) is 35.0 Å². The van der Waals surface area contributed by atoms with Gasteiger partial charge in [0.2, 0.25) is 37.8 Å². The maximum Gasteiger partial charge on any atom is 0.237 e. The molecule has 0 bridgehead atoms. The van der Waals surface area contributed by atoms with Gasteiger partial charge in [-0.3, -0.25) is 14.5 Å². The van der Waals surface area contributed by atoms with Crippen molar-refractivity contribution >= 4 is 37.7 Å². The first-order valence-electron chi connectivity index (χ1n) is 13.1. The highest BCUT2D eigenvalue weighted by atomic mass is 32.2. The van der Waals surface area contributed by atoms with Gasteiger partial charge in [0, 0.05) is 31.0 Å². The van der Waals surface area contributed by atoms with Gasteiger partial charge in [-0.25, -0.2) is 41.1 Å². The smallest absolute Gasteiger partial charge is 0.237 e. The van der Waals surface area contributed by atoms with Crippen molar-refractivity contribution in [2.24, 2.45) is 0 Å². The molecule has 14 nitrogen and oxygen atoms in total. The predicted molar refractivity (Wildman–Crippen MR) is 152 cm³/mol. The number of sulfonamides is 2. The Kier molecular flexibility index (Phi) is 9.14. The molecule has 0 aromatic carbocycles. The van der Waals surface area contributed by atoms with Crippen molar-refractivity contribution in [3.05, 3.63) is 48.7 Å². The number of nitrogens with zero attached hydrogens (tertiary/aromatic N) is 6. The Balaban J connectivity index is 1.62. The van der Waals surface area contributed by atoms with E-state index in [0.29, 0.717) is 23.7 Å². The summed E-state index contributed by atoms with van der Waals surface area (Å²) in [4.78, 5) is 35.1. The van der Waals surface area contributed by atoms with Gasteiger partial charge in [-0.05, 0) is 51.8 Å². The fourth-order valence-corrected chi connectivity index (χ4v) is 6.00. The van der Waals surface area contributed by atoms with Crippen molar-refractivity contribution in [2.45, 2.75) is 39.0 Å². The van der Waals surface area contributed by atoms with E-state index in [-0.39, 0.29) is 54.9 Å². The van der Waals surface area contributed by atoms with Gasteiger partial charge in [0.25, 0.3) is 0 Å². The van der Waals surface area contributed by atoms with Gasteiger partial charge < -0.3 is 10.1 Å². The first kappa shape index (κ1) is 30.2. The molecule has 4 rings (SSSR count). The second kappa shape index (κ2) is 12.4. The lowest BCUT2D eigenvalue weighted by Gasteiger charge is -2.39. The van der Waals surface area contributed by atoms with Crippen LogP contribution in [0.2, 0.25) is 0 Å². The lowest BCUT2D eigenvalue weighted by atomic mass is 9.75. The van der Waals surface area contributed by atoms with Crippen LogP contribution in [0.25, 0.3) is 11.3 Å². The Bertz CT molecular complexity index is 1590. The molecular weight excluding hydrogens is 572 g/mol. The number of pyridine rings is 1. The summed E-state index contributed by atoms with van der Waals surface area (Å²) >= 11 is 0. The molecule has 41 heavy (non-hydrogen) atoms. The van der Waals surface area contributed by atoms with Crippen molar-refractivity contribution in [3.8, 4) is 17.1 Å². The minimum Gasteiger partial charge on any atom is -0.477 e. The van der Waals surface area contributed by atoms with Crippen molar-refractivity contribution < 1.29 is 26.4 Å². The van der Waals surface area contributed by atoms with Crippen LogP contribution in [0, 0.1) is 0 Å². The summed E-state index contributed by atoms with van der Waals surface area (Å²) < 4.78 is 58.3. The zero-order valence-electron chi connectivity index (χ0n) is 22.9. The van der Waals surface area contributed by atoms with E-state index in [0.717, 1.165) is 0 Å². The number of piperidine rings is 1. The summed E-state index contributed by atoms with van der Waals surface area (Å²) in [6.07, 6.45) is 6.23. The SMILES string of the molecule is CCOc1cncc(-c2ccc(NC(=O)C3(c4ccnc(NS(=O)(=O)CC)n4)CCN(S(=O)(=O)CC)CC3)nc2)n1. The van der Waals surface area contributed by atoms with E-state index in [1.54, 1.807) is 31.5 Å². The number of anilines is 2. The number of nitrogens with one attached hydrogen (secondary N) is 2. The van der Waals surface area contributed by atoms with E-state index in [9.17, 15) is 21.6 Å². The van der Waals surface area contributed by atoms with Gasteiger partial charge in [0.1, 0.15) is 5.82 Å². The number of carbonyl (C=O) groups excluding carboxylic acids is 1. The van der Waals surface area contributed by atoms with Crippen LogP contribution in [0.3, 0.4) is 0 Å². The molecule has 1 aliphatic rings. The van der Waals surface area contributed by atoms with Crippen LogP contribution >= 0.6 is 0 Å². The molecule has 220 valence electrons. The van der Waals surface area contributed by atoms with Crippen LogP contribution in [0.4, 0.5) is 11.8 Å². The largest absolute Gasteiger partial charge is 0.477 e. The Labute approximate surface area is 239 Å². The van der Waals surface area contributed by atoms with Crippen molar-refractivity contribution in [2.75, 3.05) is 41.2 Å². The van der Waals surface area contributed by atoms with Crippen LogP contribution < -0.4 is 14.8 Å². The number of carbonyl (C=O) groups is 1. The quantitative estimate of drug-likeness (QED) is 0.325. The average molecular weight is 605 g/mol. The second-order valence-corrected chi connectivity index (χ2v) is 13.5. The predicted octanol–water partition coefficient (Wildman–Crippen LogP) is 1.81. The highest BCUT2D eigenvalue weighted by Gasteiger charge is 2.46. The molecule has 1 saturated heterocycles. The van der Waals surface area contributed by atoms with E-state index in [1.807, 2.05) is 6.92 Å². The Hall–Kier alpha value is -3.76. The average Bonchev–Trinajstić information content (AvgIpc) is 2.98. The summed E-state index contributed by atoms with van der Waals surface area (Å²) in [7, 11) is -7.13. The van der Waals surface area contributed by atoms with Crippen LogP contribution in [0.5, 0.6) is 5.88 Å². The summed E-state index contributed by atoms with van der Waals surface area (Å²) in [5, 5.41) is 2.83. The molecule has 1 aliphatic heterocycles. The fraction of sp³-hybridized carbons (Fsp3) is 0.440. The number of ether oxygens (including phenoxy) is 1. The zero-order chi connectivity index (χ0) is 29.7. The van der Waals surface area contributed by atoms with E-state index in [4.69, 9.17) is 4.74 Å². The molecule has 3 aromatic rings. The van der Waals surface area contributed by atoms with Gasteiger partial charge in [-0.15, -0.1) is 0 Å². The molecule has 0 aliphatic carbocycles. The number of hydrogen-bond acceptors (Lipinski definition) is 11. The maximum absolute atomic E-state index is 13.9. The Morgan fingerprint density at radius 2 is 1.73 bits per heavy atom. The minimum atomic E-state index is -3.66. The maximum atomic E-state index is 13.9. The lowest BCUT2D eigenvalue weighted by molar-refractivity contribution is -0.123. The molecule has 0 unspecified atom stereocenters. The van der Waals surface area contributed by atoms with Gasteiger partial charge in [-0.1, -0.05) is 0 Å². The topological polar surface area (TPSA) is 186 Å². The Morgan fingerprint density at radius 1 is 0.976 bits per heavy atom. The van der Waals surface area contributed by atoms with Crippen molar-refractivity contribution in [1.29, 1.82) is 0 Å². The highest BCUT2D eigenvalue weighted by Crippen LogP contribution is 2.37. The Morgan fingerprint density at radius 3 is 2.37 bits per heavy atom. The van der Waals surface area contributed by atoms with Gasteiger partial charge in [0.05, 0.1) is 47.3 Å². The molecule has 1 amide bonds. The standard InChI is InChI=1S/C25H32N8O6S2/c1-4-39-22-17-26-16-19(29-22)18-7-8-21(28-15-18)31-23(34)25(10-13-33(14-11-25)41(37,38)6-3)20-9-12-27-24(30-20)32-40(35,36)5-2/h7-9,12,15-17H,4-6,10-11,13-14H2,1-3H3,(H,27,30,32)(H,28,31,34). The molecule has 2 N–H and O–H groups in total. The first-order valence-corrected chi connectivity index (χ1v) is 16.3. The van der Waals surface area contributed by atoms with Crippen LogP contribution in [0.1, 0.15) is 39.3 Å². The van der Waals surface area contributed by atoms with Crippen LogP contribution in [0.15, 0.2) is 43.0 Å². The van der Waals surface area contributed by atoms with E-state index in [1.165, 1.54) is 29.7 Å². The molecule has 0 radical (unpaired) electrons. The molecule has 3 aromatic heterocycles. The fourth-order valence-electron chi connectivity index (χ4n) is 4.37.